The first-order chi connectivity index (χ1) is 25.5. The molecule has 0 bridgehead atoms. The summed E-state index contributed by atoms with van der Waals surface area (Å²) >= 11 is 1.81. The van der Waals surface area contributed by atoms with Crippen molar-refractivity contribution in [2.45, 2.75) is 19.3 Å². The van der Waals surface area contributed by atoms with Gasteiger partial charge in [0.15, 0.2) is 17.5 Å². The van der Waals surface area contributed by atoms with E-state index in [9.17, 15) is 0 Å². The van der Waals surface area contributed by atoms with E-state index in [1.54, 1.807) is 0 Å². The van der Waals surface area contributed by atoms with Crippen LogP contribution in [0.25, 0.3) is 87.7 Å². The van der Waals surface area contributed by atoms with Crippen molar-refractivity contribution < 1.29 is 0 Å². The quantitative estimate of drug-likeness (QED) is 0.181. The predicted molar refractivity (Wildman–Crippen MR) is 217 cm³/mol. The van der Waals surface area contributed by atoms with Gasteiger partial charge in [0, 0.05) is 42.3 Å². The number of nitrogens with zero attached hydrogens (tertiary/aromatic N) is 3. The van der Waals surface area contributed by atoms with Crippen molar-refractivity contribution >= 4 is 31.5 Å². The fourth-order valence-corrected chi connectivity index (χ4v) is 8.97. The monoisotopic (exact) mass is 683 g/mol. The van der Waals surface area contributed by atoms with Crippen LogP contribution in [0.3, 0.4) is 0 Å². The molecule has 7 aromatic carbocycles. The summed E-state index contributed by atoms with van der Waals surface area (Å²) in [5.74, 6) is 2.00. The molecule has 0 unspecified atom stereocenters. The predicted octanol–water partition coefficient (Wildman–Crippen LogP) is 12.9. The summed E-state index contributed by atoms with van der Waals surface area (Å²) in [7, 11) is 0. The van der Waals surface area contributed by atoms with Crippen LogP contribution in [0.4, 0.5) is 0 Å². The number of benzene rings is 7. The summed E-state index contributed by atoms with van der Waals surface area (Å²) in [5, 5.41) is 2.38. The second-order valence-electron chi connectivity index (χ2n) is 14.0. The van der Waals surface area contributed by atoms with Crippen LogP contribution >= 0.6 is 11.3 Å². The minimum atomic E-state index is -0.0209. The summed E-state index contributed by atoms with van der Waals surface area (Å²) in [6.07, 6.45) is 0. The van der Waals surface area contributed by atoms with Gasteiger partial charge in [-0.1, -0.05) is 153 Å². The molecule has 246 valence electrons. The van der Waals surface area contributed by atoms with Gasteiger partial charge in [-0.2, -0.15) is 0 Å². The van der Waals surface area contributed by atoms with Crippen LogP contribution in [-0.4, -0.2) is 15.0 Å². The van der Waals surface area contributed by atoms with Crippen molar-refractivity contribution in [3.8, 4) is 67.5 Å². The van der Waals surface area contributed by atoms with Crippen LogP contribution in [-0.2, 0) is 5.41 Å². The number of hydrogen-bond donors (Lipinski definition) is 0. The van der Waals surface area contributed by atoms with Crippen molar-refractivity contribution in [1.29, 1.82) is 0 Å². The highest BCUT2D eigenvalue weighted by molar-refractivity contribution is 7.26. The molecule has 2 aromatic heterocycles. The minimum Gasteiger partial charge on any atom is -0.208 e. The third-order valence-corrected chi connectivity index (χ3v) is 11.7. The van der Waals surface area contributed by atoms with Gasteiger partial charge in [-0.25, -0.2) is 15.0 Å². The SMILES string of the molecule is CC1(C)c2ccccc2-c2ccc(-c3ccc(-c4ccc5sc6cccc(-c7nc(-c8ccccc8)nc(-c8ccccc8)n7)c6c5c4)cc3)cc21. The molecular formula is C48H33N3S. The van der Waals surface area contributed by atoms with Gasteiger partial charge in [0.2, 0.25) is 0 Å². The lowest BCUT2D eigenvalue weighted by Gasteiger charge is -2.22. The molecule has 2 heterocycles. The number of thiophene rings is 1. The van der Waals surface area contributed by atoms with Crippen molar-refractivity contribution in [2.75, 3.05) is 0 Å². The molecule has 0 fully saturated rings. The molecule has 0 amide bonds. The van der Waals surface area contributed by atoms with Crippen LogP contribution in [0, 0.1) is 0 Å². The van der Waals surface area contributed by atoms with E-state index < -0.39 is 0 Å². The van der Waals surface area contributed by atoms with Gasteiger partial charge >= 0.3 is 0 Å². The Morgan fingerprint density at radius 1 is 0.385 bits per heavy atom. The Balaban J connectivity index is 1.05. The van der Waals surface area contributed by atoms with Gasteiger partial charge in [0.25, 0.3) is 0 Å². The van der Waals surface area contributed by atoms with Crippen molar-refractivity contribution in [2.24, 2.45) is 0 Å². The topological polar surface area (TPSA) is 38.7 Å². The van der Waals surface area contributed by atoms with Crippen LogP contribution < -0.4 is 0 Å². The maximum Gasteiger partial charge on any atom is 0.164 e. The van der Waals surface area contributed by atoms with Crippen LogP contribution in [0.2, 0.25) is 0 Å². The zero-order chi connectivity index (χ0) is 34.8. The largest absolute Gasteiger partial charge is 0.208 e. The third-order valence-electron chi connectivity index (χ3n) is 10.6. The lowest BCUT2D eigenvalue weighted by Crippen LogP contribution is -2.14. The Morgan fingerprint density at radius 3 is 1.62 bits per heavy atom. The maximum absolute atomic E-state index is 5.08. The molecule has 52 heavy (non-hydrogen) atoms. The van der Waals surface area contributed by atoms with Crippen LogP contribution in [0.1, 0.15) is 25.0 Å². The van der Waals surface area contributed by atoms with E-state index in [1.165, 1.54) is 64.7 Å². The molecule has 0 saturated heterocycles. The second-order valence-corrected chi connectivity index (χ2v) is 15.1. The molecule has 0 radical (unpaired) electrons. The number of aromatic nitrogens is 3. The second kappa shape index (κ2) is 11.9. The smallest absolute Gasteiger partial charge is 0.164 e. The van der Waals surface area contributed by atoms with E-state index in [1.807, 2.05) is 47.7 Å². The first-order valence-electron chi connectivity index (χ1n) is 17.7. The van der Waals surface area contributed by atoms with Crippen molar-refractivity contribution in [1.82, 2.24) is 15.0 Å². The van der Waals surface area contributed by atoms with Gasteiger partial charge in [0.05, 0.1) is 0 Å². The van der Waals surface area contributed by atoms with E-state index in [2.05, 4.69) is 141 Å². The van der Waals surface area contributed by atoms with Crippen molar-refractivity contribution in [3.63, 3.8) is 0 Å². The van der Waals surface area contributed by atoms with Crippen LogP contribution in [0.5, 0.6) is 0 Å². The molecule has 0 saturated carbocycles. The van der Waals surface area contributed by atoms with Crippen LogP contribution in [0.15, 0.2) is 164 Å². The standard InChI is InChI=1S/C48H33N3S/c1-48(2)40-18-10-9-16-36(40)37-26-24-35(29-41(37)48)31-22-20-30(21-23-31)34-25-27-42-39(28-34)44-38(17-11-19-43(44)52-42)47-50-45(32-12-5-3-6-13-32)49-46(51-47)33-14-7-4-8-15-33/h3-29H,1-2H3. The van der Waals surface area contributed by atoms with E-state index in [0.29, 0.717) is 17.5 Å². The summed E-state index contributed by atoms with van der Waals surface area (Å²) < 4.78 is 2.45. The van der Waals surface area contributed by atoms with Crippen molar-refractivity contribution in [3.05, 3.63) is 175 Å². The Labute approximate surface area is 307 Å². The van der Waals surface area contributed by atoms with Gasteiger partial charge in [-0.05, 0) is 68.8 Å². The fraction of sp³-hybridized carbons (Fsp3) is 0.0625. The molecule has 1 aliphatic carbocycles. The van der Waals surface area contributed by atoms with Gasteiger partial charge in [-0.3, -0.25) is 0 Å². The summed E-state index contributed by atoms with van der Waals surface area (Å²) in [5.41, 5.74) is 13.3. The average molecular weight is 684 g/mol. The highest BCUT2D eigenvalue weighted by Crippen LogP contribution is 2.49. The molecule has 4 heteroatoms. The molecule has 9 aromatic rings. The Kier molecular flexibility index (Phi) is 7.02. The Bertz CT molecular complexity index is 2740. The molecule has 1 aliphatic rings. The van der Waals surface area contributed by atoms with Gasteiger partial charge in [-0.15, -0.1) is 11.3 Å². The van der Waals surface area contributed by atoms with E-state index in [4.69, 9.17) is 15.0 Å². The number of fused-ring (bicyclic) bond motifs is 6. The zero-order valence-electron chi connectivity index (χ0n) is 28.8. The number of rotatable bonds is 5. The lowest BCUT2D eigenvalue weighted by atomic mass is 9.81. The third kappa shape index (κ3) is 4.98. The Morgan fingerprint density at radius 2 is 0.923 bits per heavy atom. The van der Waals surface area contributed by atoms with E-state index in [0.717, 1.165) is 16.7 Å². The zero-order valence-corrected chi connectivity index (χ0v) is 29.7. The summed E-state index contributed by atoms with van der Waals surface area (Å²) in [6, 6.07) is 58.4. The van der Waals surface area contributed by atoms with E-state index in [-0.39, 0.29) is 5.41 Å². The highest BCUT2D eigenvalue weighted by atomic mass is 32.1. The normalized spacial score (nSPS) is 13.0. The van der Waals surface area contributed by atoms with Gasteiger partial charge in [0.1, 0.15) is 0 Å². The van der Waals surface area contributed by atoms with E-state index >= 15 is 0 Å². The lowest BCUT2D eigenvalue weighted by molar-refractivity contribution is 0.660. The molecule has 10 rings (SSSR count). The fourth-order valence-electron chi connectivity index (χ4n) is 7.86. The highest BCUT2D eigenvalue weighted by Gasteiger charge is 2.35. The maximum atomic E-state index is 5.08. The molecule has 0 aliphatic heterocycles. The molecule has 0 atom stereocenters. The number of hydrogen-bond acceptors (Lipinski definition) is 4. The first-order valence-corrected chi connectivity index (χ1v) is 18.5. The minimum absolute atomic E-state index is 0.0209. The summed E-state index contributed by atoms with van der Waals surface area (Å²) in [4.78, 5) is 15.1. The molecular weight excluding hydrogens is 651 g/mol. The average Bonchev–Trinajstić information content (AvgIpc) is 3.70. The molecule has 3 nitrogen and oxygen atoms in total. The first kappa shape index (κ1) is 30.6. The summed E-state index contributed by atoms with van der Waals surface area (Å²) in [6.45, 7) is 4.68. The molecule has 0 spiro atoms. The van der Waals surface area contributed by atoms with Gasteiger partial charge < -0.3 is 0 Å². The Hall–Kier alpha value is -6.23. The molecule has 0 N–H and O–H groups in total.